The van der Waals surface area contributed by atoms with E-state index in [9.17, 15) is 20.4 Å². The summed E-state index contributed by atoms with van der Waals surface area (Å²) in [6.45, 7) is 10.3. The Hall–Kier alpha value is -6.80. The van der Waals surface area contributed by atoms with Crippen LogP contribution >= 0.6 is 0 Å². The second-order valence-electron chi connectivity index (χ2n) is 14.5. The fourth-order valence-corrected chi connectivity index (χ4v) is 7.19. The lowest BCUT2D eigenvalue weighted by molar-refractivity contribution is 0.460. The first kappa shape index (κ1) is 37.5. The highest BCUT2D eigenvalue weighted by Crippen LogP contribution is 2.32. The molecule has 0 amide bonds. The molecule has 0 radical (unpaired) electrons. The third kappa shape index (κ3) is 9.10. The highest BCUT2D eigenvalue weighted by atomic mass is 16.3. The summed E-state index contributed by atoms with van der Waals surface area (Å²) < 4.78 is 0. The molecule has 1 heterocycles. The maximum atomic E-state index is 11.3. The fraction of sp³-hybridized carbons (Fsp3) is 0.167. The van der Waals surface area contributed by atoms with E-state index in [4.69, 9.17) is 0 Å². The Bertz CT molecular complexity index is 2070. The minimum atomic E-state index is 0.225. The molecule has 1 aliphatic rings. The summed E-state index contributed by atoms with van der Waals surface area (Å²) >= 11 is 0. The largest absolute Gasteiger partial charge is 0.507 e. The number of phenols is 4. The van der Waals surface area contributed by atoms with Gasteiger partial charge in [0.2, 0.25) is 0 Å². The molecule has 8 N–H and O–H groups in total. The Balaban J connectivity index is 1.14. The number of hydrogen-bond acceptors (Lipinski definition) is 8. The van der Waals surface area contributed by atoms with Crippen molar-refractivity contribution in [3.8, 4) is 23.0 Å². The zero-order valence-corrected chi connectivity index (χ0v) is 31.4. The van der Waals surface area contributed by atoms with Gasteiger partial charge in [0.15, 0.2) is 0 Å². The summed E-state index contributed by atoms with van der Waals surface area (Å²) in [5.74, 6) is 0.901. The number of allylic oxidation sites excluding steroid dienone is 2. The van der Waals surface area contributed by atoms with Crippen LogP contribution in [-0.4, -0.2) is 20.4 Å². The summed E-state index contributed by atoms with van der Waals surface area (Å²) in [5.41, 5.74) is 11.4. The number of para-hydroxylation sites is 4. The fourth-order valence-electron chi connectivity index (χ4n) is 7.19. The summed E-state index contributed by atoms with van der Waals surface area (Å²) in [6, 6.07) is 38.8. The highest BCUT2D eigenvalue weighted by Gasteiger charge is 2.15. The molecule has 0 aromatic heterocycles. The monoisotopic (exact) mass is 744 g/mol. The van der Waals surface area contributed by atoms with E-state index in [1.807, 2.05) is 121 Å². The number of aromatic hydroxyl groups is 4. The summed E-state index contributed by atoms with van der Waals surface area (Å²) in [7, 11) is 0. The average molecular weight is 745 g/mol. The molecular weight excluding hydrogens is 697 g/mol. The number of nitrogens with one attached hydrogen (secondary N) is 4. The van der Waals surface area contributed by atoms with Crippen LogP contribution in [0.25, 0.3) is 0 Å². The minimum Gasteiger partial charge on any atom is -0.507 e. The van der Waals surface area contributed by atoms with Crippen molar-refractivity contribution in [3.05, 3.63) is 190 Å². The summed E-state index contributed by atoms with van der Waals surface area (Å²) in [6.07, 6.45) is 1.85. The van der Waals surface area contributed by atoms with E-state index in [-0.39, 0.29) is 23.0 Å². The smallest absolute Gasteiger partial charge is 0.124 e. The predicted octanol–water partition coefficient (Wildman–Crippen LogP) is 9.95. The van der Waals surface area contributed by atoms with Crippen molar-refractivity contribution in [2.24, 2.45) is 0 Å². The van der Waals surface area contributed by atoms with Crippen LogP contribution in [0.4, 0.5) is 22.7 Å². The van der Waals surface area contributed by atoms with Gasteiger partial charge in [0.25, 0.3) is 0 Å². The molecule has 56 heavy (non-hydrogen) atoms. The molecule has 6 aromatic rings. The van der Waals surface area contributed by atoms with Crippen LogP contribution in [0.15, 0.2) is 146 Å². The first-order valence-corrected chi connectivity index (χ1v) is 18.9. The predicted molar refractivity (Wildman–Crippen MR) is 228 cm³/mol. The first-order valence-electron chi connectivity index (χ1n) is 18.9. The molecule has 284 valence electrons. The highest BCUT2D eigenvalue weighted by molar-refractivity contribution is 5.60. The van der Waals surface area contributed by atoms with Crippen molar-refractivity contribution in [1.82, 2.24) is 0 Å². The minimum absolute atomic E-state index is 0.225. The third-order valence-electron chi connectivity index (χ3n) is 10.2. The molecule has 0 saturated carbocycles. The van der Waals surface area contributed by atoms with Crippen LogP contribution in [0.3, 0.4) is 0 Å². The summed E-state index contributed by atoms with van der Waals surface area (Å²) in [4.78, 5) is 0. The van der Waals surface area contributed by atoms with Gasteiger partial charge in [-0.05, 0) is 84.3 Å². The quantitative estimate of drug-likeness (QED) is 0.0722. The lowest BCUT2D eigenvalue weighted by atomic mass is 9.96. The zero-order valence-electron chi connectivity index (χ0n) is 31.4. The van der Waals surface area contributed by atoms with E-state index >= 15 is 0 Å². The van der Waals surface area contributed by atoms with Gasteiger partial charge in [-0.15, -0.1) is 0 Å². The number of phenolic OH excluding ortho intramolecular Hbond substituents is 4. The van der Waals surface area contributed by atoms with Gasteiger partial charge in [0, 0.05) is 71.2 Å². The molecule has 1 aliphatic heterocycles. The van der Waals surface area contributed by atoms with Gasteiger partial charge in [0.05, 0.1) is 0 Å². The maximum absolute atomic E-state index is 11.3. The van der Waals surface area contributed by atoms with Crippen molar-refractivity contribution in [3.63, 3.8) is 0 Å². The SMILES string of the molecule is C=C1Cc2cccc(c2O)CNc2cccc(c2)NCc2cccc(c2O)CC(=C)Cc2cccc(c2O)CNc2cccc(c2)NCc2cccc(c2O)C1. The van der Waals surface area contributed by atoms with Crippen LogP contribution in [0.5, 0.6) is 23.0 Å². The zero-order chi connectivity index (χ0) is 39.0. The number of hydrogen-bond donors (Lipinski definition) is 8. The van der Waals surface area contributed by atoms with Gasteiger partial charge in [0.1, 0.15) is 23.0 Å². The van der Waals surface area contributed by atoms with Gasteiger partial charge < -0.3 is 41.7 Å². The second kappa shape index (κ2) is 17.1. The van der Waals surface area contributed by atoms with Crippen LogP contribution in [0.2, 0.25) is 0 Å². The molecule has 0 atom stereocenters. The van der Waals surface area contributed by atoms with E-state index in [0.717, 1.165) is 78.4 Å². The standard InChI is InChI=1S/C48H48N4O4/c1-31-21-33-9-3-13-37(45(33)53)27-49-41-17-7-19-43(25-41)51-29-39-15-5-11-35(47(39)55)23-32(2)24-36-12-6-16-40(48(36)56)30-52-44-20-8-18-42(26-44)50-28-38-14-4-10-34(22-31)46(38)54/h3-20,25-26,49-56H,1-2,21-24,27-30H2. The van der Waals surface area contributed by atoms with Crippen molar-refractivity contribution in [1.29, 1.82) is 0 Å². The van der Waals surface area contributed by atoms with Crippen molar-refractivity contribution < 1.29 is 20.4 Å². The molecule has 12 bridgehead atoms. The van der Waals surface area contributed by atoms with Crippen molar-refractivity contribution >= 4 is 22.7 Å². The number of anilines is 4. The maximum Gasteiger partial charge on any atom is 0.124 e. The van der Waals surface area contributed by atoms with Crippen LogP contribution < -0.4 is 21.3 Å². The molecule has 0 spiro atoms. The van der Waals surface area contributed by atoms with E-state index in [1.54, 1.807) is 0 Å². The van der Waals surface area contributed by atoms with Gasteiger partial charge in [-0.2, -0.15) is 0 Å². The topological polar surface area (TPSA) is 129 Å². The molecule has 0 aliphatic carbocycles. The van der Waals surface area contributed by atoms with Gasteiger partial charge in [-0.3, -0.25) is 0 Å². The van der Waals surface area contributed by atoms with Crippen molar-refractivity contribution in [2.45, 2.75) is 51.9 Å². The van der Waals surface area contributed by atoms with E-state index < -0.39 is 0 Å². The van der Waals surface area contributed by atoms with Gasteiger partial charge in [-0.25, -0.2) is 0 Å². The van der Waals surface area contributed by atoms with E-state index in [0.29, 0.717) is 51.9 Å². The van der Waals surface area contributed by atoms with Crippen LogP contribution in [0, 0.1) is 0 Å². The summed E-state index contributed by atoms with van der Waals surface area (Å²) in [5, 5.41) is 58.8. The molecule has 6 aromatic carbocycles. The number of benzene rings is 6. The average Bonchev–Trinajstić information content (AvgIpc) is 3.19. The van der Waals surface area contributed by atoms with Crippen LogP contribution in [-0.2, 0) is 51.9 Å². The van der Waals surface area contributed by atoms with E-state index in [1.165, 1.54) is 0 Å². The number of fused-ring (bicyclic) bond motifs is 12. The molecule has 7 rings (SSSR count). The Morgan fingerprint density at radius 3 is 0.786 bits per heavy atom. The molecular formula is C48H48N4O4. The Morgan fingerprint density at radius 1 is 0.321 bits per heavy atom. The van der Waals surface area contributed by atoms with Gasteiger partial charge in [-0.1, -0.05) is 109 Å². The van der Waals surface area contributed by atoms with Crippen LogP contribution in [0.1, 0.15) is 44.5 Å². The number of rotatable bonds is 0. The van der Waals surface area contributed by atoms with E-state index in [2.05, 4.69) is 34.4 Å². The van der Waals surface area contributed by atoms with Crippen molar-refractivity contribution in [2.75, 3.05) is 21.3 Å². The lowest BCUT2D eigenvalue weighted by Gasteiger charge is -2.16. The molecule has 8 heteroatoms. The lowest BCUT2D eigenvalue weighted by Crippen LogP contribution is -2.05. The first-order chi connectivity index (χ1) is 27.2. The normalized spacial score (nSPS) is 14.1. The molecule has 8 nitrogen and oxygen atoms in total. The Morgan fingerprint density at radius 2 is 0.536 bits per heavy atom. The molecule has 0 unspecified atom stereocenters. The second-order valence-corrected chi connectivity index (χ2v) is 14.5. The third-order valence-corrected chi connectivity index (χ3v) is 10.2. The Labute approximate surface area is 328 Å². The molecule has 0 fully saturated rings. The Kier molecular flexibility index (Phi) is 11.5. The molecule has 0 saturated heterocycles. The van der Waals surface area contributed by atoms with Gasteiger partial charge >= 0.3 is 0 Å².